The first-order chi connectivity index (χ1) is 11.0. The molecular formula is C17H18FN3O2. The Kier molecular flexibility index (Phi) is 3.98. The van der Waals surface area contributed by atoms with Gasteiger partial charge >= 0.3 is 5.97 Å². The Morgan fingerprint density at radius 2 is 1.91 bits per heavy atom. The van der Waals surface area contributed by atoms with Crippen molar-refractivity contribution >= 4 is 11.8 Å². The molecule has 1 aliphatic carbocycles. The maximum Gasteiger partial charge on any atom is 0.356 e. The summed E-state index contributed by atoms with van der Waals surface area (Å²) in [5, 5.41) is 12.5. The molecule has 0 spiro atoms. The van der Waals surface area contributed by atoms with Gasteiger partial charge in [0, 0.05) is 11.1 Å². The summed E-state index contributed by atoms with van der Waals surface area (Å²) in [6.45, 7) is 2.13. The molecule has 1 aromatic heterocycles. The number of carbonyl (C=O) groups is 1. The van der Waals surface area contributed by atoms with Gasteiger partial charge in [-0.3, -0.25) is 0 Å². The Bertz CT molecular complexity index is 725. The van der Waals surface area contributed by atoms with E-state index in [2.05, 4.69) is 22.2 Å². The van der Waals surface area contributed by atoms with Gasteiger partial charge in [0.2, 0.25) is 0 Å². The summed E-state index contributed by atoms with van der Waals surface area (Å²) >= 11 is 0. The lowest BCUT2D eigenvalue weighted by Gasteiger charge is -2.27. The molecule has 0 saturated heterocycles. The van der Waals surface area contributed by atoms with E-state index in [1.807, 2.05) is 0 Å². The van der Waals surface area contributed by atoms with Crippen molar-refractivity contribution < 1.29 is 14.3 Å². The van der Waals surface area contributed by atoms with Crippen molar-refractivity contribution in [3.8, 4) is 11.3 Å². The predicted octanol–water partition coefficient (Wildman–Crippen LogP) is 3.73. The van der Waals surface area contributed by atoms with E-state index < -0.39 is 5.97 Å². The summed E-state index contributed by atoms with van der Waals surface area (Å²) < 4.78 is 13.2. The lowest BCUT2D eigenvalue weighted by molar-refractivity contribution is 0.0690. The highest BCUT2D eigenvalue weighted by atomic mass is 19.1. The van der Waals surface area contributed by atoms with Gasteiger partial charge in [-0.1, -0.05) is 12.8 Å². The molecule has 0 unspecified atom stereocenters. The summed E-state index contributed by atoms with van der Waals surface area (Å²) in [6.07, 6.45) is 5.60. The normalized spacial score (nSPS) is 16.3. The lowest BCUT2D eigenvalue weighted by atomic mass is 10.0. The second kappa shape index (κ2) is 5.95. The predicted molar refractivity (Wildman–Crippen MR) is 84.9 cm³/mol. The first-order valence-corrected chi connectivity index (χ1v) is 7.61. The van der Waals surface area contributed by atoms with Crippen molar-refractivity contribution in [2.24, 2.45) is 0 Å². The van der Waals surface area contributed by atoms with Crippen LogP contribution in [0.3, 0.4) is 0 Å². The number of rotatable bonds is 4. The molecule has 1 aliphatic rings. The Morgan fingerprint density at radius 3 is 2.52 bits per heavy atom. The molecule has 2 N–H and O–H groups in total. The van der Waals surface area contributed by atoms with Crippen molar-refractivity contribution in [2.45, 2.75) is 38.1 Å². The quantitative estimate of drug-likeness (QED) is 0.899. The Labute approximate surface area is 133 Å². The minimum absolute atomic E-state index is 0.0752. The average molecular weight is 315 g/mol. The van der Waals surface area contributed by atoms with Crippen LogP contribution >= 0.6 is 0 Å². The molecule has 0 radical (unpaired) electrons. The summed E-state index contributed by atoms with van der Waals surface area (Å²) in [7, 11) is 0. The van der Waals surface area contributed by atoms with Gasteiger partial charge in [0.05, 0.1) is 6.20 Å². The zero-order valence-electron chi connectivity index (χ0n) is 12.8. The Balaban J connectivity index is 2.04. The molecule has 0 amide bonds. The fourth-order valence-electron chi connectivity index (χ4n) is 2.96. The first-order valence-electron chi connectivity index (χ1n) is 7.61. The van der Waals surface area contributed by atoms with Crippen LogP contribution in [0, 0.1) is 5.82 Å². The third-order valence-electron chi connectivity index (χ3n) is 4.24. The van der Waals surface area contributed by atoms with Crippen molar-refractivity contribution in [1.82, 2.24) is 9.97 Å². The van der Waals surface area contributed by atoms with E-state index in [1.54, 1.807) is 12.1 Å². The third kappa shape index (κ3) is 3.31. The third-order valence-corrected chi connectivity index (χ3v) is 4.24. The first kappa shape index (κ1) is 15.4. The Morgan fingerprint density at radius 1 is 1.26 bits per heavy atom. The molecule has 5 nitrogen and oxygen atoms in total. The smallest absolute Gasteiger partial charge is 0.356 e. The zero-order valence-corrected chi connectivity index (χ0v) is 12.8. The highest BCUT2D eigenvalue weighted by Crippen LogP contribution is 2.34. The summed E-state index contributed by atoms with van der Waals surface area (Å²) in [4.78, 5) is 19.6. The molecule has 1 heterocycles. The van der Waals surface area contributed by atoms with Crippen molar-refractivity contribution in [2.75, 3.05) is 5.32 Å². The number of nitrogens with zero attached hydrogens (tertiary/aromatic N) is 2. The number of hydrogen-bond donors (Lipinski definition) is 2. The fraction of sp³-hybridized carbons (Fsp3) is 0.353. The molecule has 3 rings (SSSR count). The van der Waals surface area contributed by atoms with E-state index in [4.69, 9.17) is 5.11 Å². The average Bonchev–Trinajstić information content (AvgIpc) is 2.95. The van der Waals surface area contributed by atoms with Crippen LogP contribution in [0.2, 0.25) is 0 Å². The fourth-order valence-corrected chi connectivity index (χ4v) is 2.96. The van der Waals surface area contributed by atoms with Crippen LogP contribution in [-0.4, -0.2) is 26.6 Å². The van der Waals surface area contributed by atoms with Gasteiger partial charge in [-0.15, -0.1) is 0 Å². The number of aromatic carboxylic acids is 1. The number of nitrogens with one attached hydrogen (secondary N) is 1. The highest BCUT2D eigenvalue weighted by molar-refractivity contribution is 5.86. The van der Waals surface area contributed by atoms with E-state index >= 15 is 0 Å². The van der Waals surface area contributed by atoms with Crippen LogP contribution in [0.5, 0.6) is 0 Å². The van der Waals surface area contributed by atoms with E-state index in [1.165, 1.54) is 18.3 Å². The van der Waals surface area contributed by atoms with Crippen LogP contribution in [0.25, 0.3) is 11.3 Å². The minimum atomic E-state index is -1.14. The molecule has 6 heteroatoms. The Hall–Kier alpha value is -2.50. The van der Waals surface area contributed by atoms with Crippen LogP contribution in [0.4, 0.5) is 10.2 Å². The second-order valence-corrected chi connectivity index (χ2v) is 6.16. The van der Waals surface area contributed by atoms with Gasteiger partial charge in [-0.25, -0.2) is 19.2 Å². The molecular weight excluding hydrogens is 297 g/mol. The standard InChI is InChI=1S/C17H18FN3O2/c1-17(8-2-3-9-17)21-15-14(11-4-6-12(18)7-5-11)20-13(10-19-15)16(22)23/h4-7,10H,2-3,8-9H2,1H3,(H,19,21)(H,22,23). The second-order valence-electron chi connectivity index (χ2n) is 6.16. The maximum atomic E-state index is 13.2. The van der Waals surface area contributed by atoms with Gasteiger partial charge in [0.1, 0.15) is 11.5 Å². The van der Waals surface area contributed by atoms with Gasteiger partial charge in [0.25, 0.3) is 0 Å². The van der Waals surface area contributed by atoms with E-state index in [-0.39, 0.29) is 17.1 Å². The van der Waals surface area contributed by atoms with Gasteiger partial charge in [-0.2, -0.15) is 0 Å². The topological polar surface area (TPSA) is 75.1 Å². The molecule has 1 aromatic carbocycles. The molecule has 0 atom stereocenters. The molecule has 1 fully saturated rings. The monoisotopic (exact) mass is 315 g/mol. The lowest BCUT2D eigenvalue weighted by Crippen LogP contribution is -2.31. The number of carboxylic acid groups (broad SMARTS) is 1. The van der Waals surface area contributed by atoms with Crippen LogP contribution < -0.4 is 5.32 Å². The SMILES string of the molecule is CC1(Nc2ncc(C(=O)O)nc2-c2ccc(F)cc2)CCCC1. The summed E-state index contributed by atoms with van der Waals surface area (Å²) in [5.41, 5.74) is 0.851. The molecule has 0 bridgehead atoms. The molecule has 0 aliphatic heterocycles. The van der Waals surface area contributed by atoms with E-state index in [0.29, 0.717) is 17.1 Å². The molecule has 2 aromatic rings. The highest BCUT2D eigenvalue weighted by Gasteiger charge is 2.30. The van der Waals surface area contributed by atoms with E-state index in [9.17, 15) is 9.18 Å². The van der Waals surface area contributed by atoms with Gasteiger partial charge in [-0.05, 0) is 44.0 Å². The van der Waals surface area contributed by atoms with Crippen molar-refractivity contribution in [1.29, 1.82) is 0 Å². The maximum absolute atomic E-state index is 13.2. The number of hydrogen-bond acceptors (Lipinski definition) is 4. The number of anilines is 1. The van der Waals surface area contributed by atoms with Crippen molar-refractivity contribution in [3.05, 3.63) is 42.0 Å². The largest absolute Gasteiger partial charge is 0.476 e. The van der Waals surface area contributed by atoms with Crippen LogP contribution in [0.1, 0.15) is 43.1 Å². The van der Waals surface area contributed by atoms with Crippen LogP contribution in [0.15, 0.2) is 30.5 Å². The summed E-state index contributed by atoms with van der Waals surface area (Å²) in [5.74, 6) is -0.959. The van der Waals surface area contributed by atoms with Gasteiger partial charge < -0.3 is 10.4 Å². The number of benzene rings is 1. The number of aromatic nitrogens is 2. The van der Waals surface area contributed by atoms with Gasteiger partial charge in [0.15, 0.2) is 11.5 Å². The number of carboxylic acids is 1. The summed E-state index contributed by atoms with van der Waals surface area (Å²) in [6, 6.07) is 5.80. The molecule has 23 heavy (non-hydrogen) atoms. The molecule has 1 saturated carbocycles. The molecule has 120 valence electrons. The minimum Gasteiger partial charge on any atom is -0.476 e. The van der Waals surface area contributed by atoms with Crippen LogP contribution in [-0.2, 0) is 0 Å². The van der Waals surface area contributed by atoms with E-state index in [0.717, 1.165) is 25.7 Å². The number of halogens is 1. The zero-order chi connectivity index (χ0) is 16.4. The van der Waals surface area contributed by atoms with Crippen molar-refractivity contribution in [3.63, 3.8) is 0 Å².